The number of hydrogen-bond donors (Lipinski definition) is 0. The maximum absolute atomic E-state index is 10.9. The predicted octanol–water partition coefficient (Wildman–Crippen LogP) is 3.08. The maximum atomic E-state index is 10.9. The summed E-state index contributed by atoms with van der Waals surface area (Å²) < 4.78 is 11.4. The van der Waals surface area contributed by atoms with Gasteiger partial charge in [-0.05, 0) is 48.6 Å². The van der Waals surface area contributed by atoms with Gasteiger partial charge in [0.1, 0.15) is 0 Å². The third-order valence-electron chi connectivity index (χ3n) is 2.91. The molecule has 0 fully saturated rings. The van der Waals surface area contributed by atoms with E-state index in [2.05, 4.69) is 4.90 Å². The van der Waals surface area contributed by atoms with Crippen molar-refractivity contribution in [3.63, 3.8) is 0 Å². The highest BCUT2D eigenvalue weighted by molar-refractivity contribution is 14.1. The van der Waals surface area contributed by atoms with Crippen molar-refractivity contribution in [1.82, 2.24) is 0 Å². The minimum atomic E-state index is -0.365. The molecule has 0 aromatic heterocycles. The van der Waals surface area contributed by atoms with Gasteiger partial charge in [-0.3, -0.25) is 10.1 Å². The van der Waals surface area contributed by atoms with Gasteiger partial charge in [-0.25, -0.2) is 0 Å². The third-order valence-corrected chi connectivity index (χ3v) is 3.78. The molecule has 0 unspecified atom stereocenters. The number of rotatable bonds is 10. The number of ether oxygens (including phenoxy) is 2. The highest BCUT2D eigenvalue weighted by atomic mass is 127. The largest absolute Gasteiger partial charge is 0.380 e. The van der Waals surface area contributed by atoms with Crippen LogP contribution in [-0.4, -0.2) is 44.4 Å². The molecular formula is C14H21IN2O4. The quantitative estimate of drug-likeness (QED) is 0.258. The van der Waals surface area contributed by atoms with Gasteiger partial charge in [-0.2, -0.15) is 0 Å². The Morgan fingerprint density at radius 2 is 1.76 bits per heavy atom. The zero-order valence-corrected chi connectivity index (χ0v) is 14.5. The molecule has 7 heteroatoms. The van der Waals surface area contributed by atoms with Gasteiger partial charge in [0.15, 0.2) is 0 Å². The minimum absolute atomic E-state index is 0.133. The van der Waals surface area contributed by atoms with Crippen molar-refractivity contribution in [2.45, 2.75) is 13.8 Å². The number of nitrogens with zero attached hydrogens (tertiary/aromatic N) is 2. The van der Waals surface area contributed by atoms with E-state index in [0.29, 0.717) is 30.0 Å². The molecule has 0 amide bonds. The first-order valence-corrected chi connectivity index (χ1v) is 8.02. The molecule has 0 aliphatic heterocycles. The lowest BCUT2D eigenvalue weighted by atomic mass is 10.2. The van der Waals surface area contributed by atoms with Crippen LogP contribution in [0.1, 0.15) is 13.8 Å². The zero-order valence-electron chi connectivity index (χ0n) is 12.4. The van der Waals surface area contributed by atoms with Crippen molar-refractivity contribution >= 4 is 34.0 Å². The molecule has 21 heavy (non-hydrogen) atoms. The average molecular weight is 408 g/mol. The highest BCUT2D eigenvalue weighted by Gasteiger charge is 2.14. The minimum Gasteiger partial charge on any atom is -0.380 e. The fourth-order valence-electron chi connectivity index (χ4n) is 1.85. The van der Waals surface area contributed by atoms with E-state index >= 15 is 0 Å². The van der Waals surface area contributed by atoms with Crippen LogP contribution in [0, 0.1) is 13.7 Å². The number of anilines is 1. The molecule has 0 radical (unpaired) electrons. The lowest BCUT2D eigenvalue weighted by Gasteiger charge is -2.24. The van der Waals surface area contributed by atoms with E-state index in [1.807, 2.05) is 42.5 Å². The Morgan fingerprint density at radius 3 is 2.19 bits per heavy atom. The van der Waals surface area contributed by atoms with Gasteiger partial charge in [0.2, 0.25) is 0 Å². The van der Waals surface area contributed by atoms with Crippen molar-refractivity contribution < 1.29 is 14.4 Å². The first-order chi connectivity index (χ1) is 10.1. The van der Waals surface area contributed by atoms with Gasteiger partial charge < -0.3 is 14.4 Å². The van der Waals surface area contributed by atoms with Gasteiger partial charge >= 0.3 is 0 Å². The van der Waals surface area contributed by atoms with E-state index in [0.717, 1.165) is 18.8 Å². The van der Waals surface area contributed by atoms with Crippen LogP contribution in [0.15, 0.2) is 18.2 Å². The monoisotopic (exact) mass is 408 g/mol. The van der Waals surface area contributed by atoms with Gasteiger partial charge in [0.05, 0.1) is 21.7 Å². The maximum Gasteiger partial charge on any atom is 0.282 e. The number of nitro benzene ring substituents is 1. The molecule has 0 aliphatic carbocycles. The second kappa shape index (κ2) is 9.91. The average Bonchev–Trinajstić information content (AvgIpc) is 2.45. The van der Waals surface area contributed by atoms with Crippen LogP contribution in [0.3, 0.4) is 0 Å². The molecule has 0 saturated heterocycles. The summed E-state index contributed by atoms with van der Waals surface area (Å²) in [4.78, 5) is 12.6. The van der Waals surface area contributed by atoms with Gasteiger partial charge in [0.25, 0.3) is 5.69 Å². The fourth-order valence-corrected chi connectivity index (χ4v) is 2.54. The summed E-state index contributed by atoms with van der Waals surface area (Å²) in [5.74, 6) is 0. The highest BCUT2D eigenvalue weighted by Crippen LogP contribution is 2.26. The molecule has 0 N–H and O–H groups in total. The first-order valence-electron chi connectivity index (χ1n) is 6.94. The molecule has 1 rings (SSSR count). The van der Waals surface area contributed by atoms with Crippen molar-refractivity contribution in [3.8, 4) is 0 Å². The van der Waals surface area contributed by atoms with Crippen LogP contribution in [0.4, 0.5) is 11.4 Å². The summed E-state index contributed by atoms with van der Waals surface area (Å²) in [6.45, 7) is 7.98. The van der Waals surface area contributed by atoms with E-state index in [4.69, 9.17) is 9.47 Å². The Balaban J connectivity index is 2.80. The summed E-state index contributed by atoms with van der Waals surface area (Å²) in [5.41, 5.74) is 1.08. The molecule has 0 atom stereocenters. The van der Waals surface area contributed by atoms with E-state index in [-0.39, 0.29) is 10.6 Å². The van der Waals surface area contributed by atoms with Crippen LogP contribution in [0.25, 0.3) is 0 Å². The summed E-state index contributed by atoms with van der Waals surface area (Å²) in [6.07, 6.45) is 0. The SMILES string of the molecule is CCOCCN(CCOCC)c1ccc([N+](=O)[O-])c(I)c1. The second-order valence-electron chi connectivity index (χ2n) is 4.27. The van der Waals surface area contributed by atoms with Crippen LogP contribution < -0.4 is 4.90 Å². The third kappa shape index (κ3) is 6.15. The van der Waals surface area contributed by atoms with Crippen molar-refractivity contribution in [2.24, 2.45) is 0 Å². The molecule has 0 saturated carbocycles. The standard InChI is InChI=1S/C14H21IN2O4/c1-3-20-9-7-16(8-10-21-4-2)12-5-6-14(17(18)19)13(15)11-12/h5-6,11H,3-4,7-10H2,1-2H3. The van der Waals surface area contributed by atoms with Gasteiger partial charge in [-0.15, -0.1) is 0 Å². The molecule has 1 aromatic carbocycles. The lowest BCUT2D eigenvalue weighted by molar-refractivity contribution is -0.385. The summed E-state index contributed by atoms with van der Waals surface area (Å²) in [7, 11) is 0. The predicted molar refractivity (Wildman–Crippen MR) is 91.0 cm³/mol. The number of benzene rings is 1. The summed E-state index contributed by atoms with van der Waals surface area (Å²) in [6, 6.07) is 5.15. The molecule has 0 bridgehead atoms. The Morgan fingerprint density at radius 1 is 1.19 bits per heavy atom. The Hall–Kier alpha value is -0.930. The van der Waals surface area contributed by atoms with E-state index < -0.39 is 0 Å². The zero-order chi connectivity index (χ0) is 15.7. The van der Waals surface area contributed by atoms with Crippen LogP contribution >= 0.6 is 22.6 Å². The molecule has 0 heterocycles. The van der Waals surface area contributed by atoms with E-state index in [1.165, 1.54) is 0 Å². The van der Waals surface area contributed by atoms with Crippen molar-refractivity contribution in [2.75, 3.05) is 44.4 Å². The van der Waals surface area contributed by atoms with Crippen LogP contribution in [0.2, 0.25) is 0 Å². The Bertz CT molecular complexity index is 447. The molecule has 0 aliphatic rings. The number of nitro groups is 1. The summed E-state index contributed by atoms with van der Waals surface area (Å²) in [5, 5.41) is 10.9. The first kappa shape index (κ1) is 18.1. The van der Waals surface area contributed by atoms with Crippen LogP contribution in [0.5, 0.6) is 0 Å². The normalized spacial score (nSPS) is 10.6. The topological polar surface area (TPSA) is 64.8 Å². The summed E-state index contributed by atoms with van der Waals surface area (Å²) >= 11 is 1.99. The number of hydrogen-bond acceptors (Lipinski definition) is 5. The molecular weight excluding hydrogens is 387 g/mol. The van der Waals surface area contributed by atoms with E-state index in [1.54, 1.807) is 12.1 Å². The number of halogens is 1. The smallest absolute Gasteiger partial charge is 0.282 e. The molecule has 6 nitrogen and oxygen atoms in total. The fraction of sp³-hybridized carbons (Fsp3) is 0.571. The Kier molecular flexibility index (Phi) is 8.55. The van der Waals surface area contributed by atoms with Crippen molar-refractivity contribution in [3.05, 3.63) is 31.9 Å². The molecule has 118 valence electrons. The van der Waals surface area contributed by atoms with Gasteiger partial charge in [0, 0.05) is 38.1 Å². The Labute approximate surface area is 138 Å². The van der Waals surface area contributed by atoms with Crippen LogP contribution in [-0.2, 0) is 9.47 Å². The second-order valence-corrected chi connectivity index (χ2v) is 5.44. The van der Waals surface area contributed by atoms with Crippen molar-refractivity contribution in [1.29, 1.82) is 0 Å². The lowest BCUT2D eigenvalue weighted by Crippen LogP contribution is -2.31. The van der Waals surface area contributed by atoms with Gasteiger partial charge in [-0.1, -0.05) is 0 Å². The molecule has 1 aromatic rings. The molecule has 0 spiro atoms. The van der Waals surface area contributed by atoms with E-state index in [9.17, 15) is 10.1 Å².